The van der Waals surface area contributed by atoms with Crippen LogP contribution in [0.15, 0.2) is 29.6 Å². The number of phenols is 1. The Hall–Kier alpha value is -2.12. The molecule has 100 valence electrons. The van der Waals surface area contributed by atoms with Crippen LogP contribution in [-0.2, 0) is 6.54 Å². The highest BCUT2D eigenvalue weighted by molar-refractivity contribution is 7.11. The lowest BCUT2D eigenvalue weighted by molar-refractivity contribution is 0.0953. The van der Waals surface area contributed by atoms with E-state index in [-0.39, 0.29) is 5.75 Å². The van der Waals surface area contributed by atoms with Crippen LogP contribution in [0.25, 0.3) is 0 Å². The first-order valence-electron chi connectivity index (χ1n) is 5.55. The normalized spacial score (nSPS) is 10.2. The summed E-state index contributed by atoms with van der Waals surface area (Å²) in [5.74, 6) is 4.87. The minimum atomic E-state index is -0.392. The molecule has 1 heterocycles. The van der Waals surface area contributed by atoms with Gasteiger partial charge in [-0.25, -0.2) is 10.8 Å². The van der Waals surface area contributed by atoms with Crippen LogP contribution >= 0.6 is 11.3 Å². The second-order valence-corrected chi connectivity index (χ2v) is 4.85. The second kappa shape index (κ2) is 5.68. The van der Waals surface area contributed by atoms with E-state index in [0.29, 0.717) is 11.6 Å². The van der Waals surface area contributed by atoms with Crippen LogP contribution in [0.5, 0.6) is 5.75 Å². The fourth-order valence-electron chi connectivity index (χ4n) is 1.61. The Balaban J connectivity index is 2.08. The van der Waals surface area contributed by atoms with Crippen LogP contribution in [-0.4, -0.2) is 23.0 Å². The van der Waals surface area contributed by atoms with Gasteiger partial charge in [-0.05, 0) is 12.1 Å². The van der Waals surface area contributed by atoms with Crippen molar-refractivity contribution >= 4 is 22.9 Å². The number of carbonyl (C=O) groups is 1. The first-order chi connectivity index (χ1) is 9.10. The van der Waals surface area contributed by atoms with Gasteiger partial charge in [0.2, 0.25) is 0 Å². The smallest absolute Gasteiger partial charge is 0.294 e. The van der Waals surface area contributed by atoms with Crippen molar-refractivity contribution in [3.8, 4) is 5.75 Å². The number of benzene rings is 1. The summed E-state index contributed by atoms with van der Waals surface area (Å²) in [5, 5.41) is 11.6. The van der Waals surface area contributed by atoms with Crippen molar-refractivity contribution in [2.75, 3.05) is 11.9 Å². The van der Waals surface area contributed by atoms with E-state index in [2.05, 4.69) is 4.98 Å². The van der Waals surface area contributed by atoms with Gasteiger partial charge in [-0.1, -0.05) is 6.07 Å². The van der Waals surface area contributed by atoms with E-state index >= 15 is 0 Å². The predicted molar refractivity (Wildman–Crippen MR) is 74.0 cm³/mol. The monoisotopic (exact) mass is 278 g/mol. The summed E-state index contributed by atoms with van der Waals surface area (Å²) in [6.45, 7) is 0.539. The number of nitrogens with one attached hydrogen (secondary N) is 1. The molecule has 6 nitrogen and oxygen atoms in total. The molecule has 0 saturated carbocycles. The van der Waals surface area contributed by atoms with Crippen molar-refractivity contribution in [3.05, 3.63) is 40.3 Å². The second-order valence-electron chi connectivity index (χ2n) is 3.99. The predicted octanol–water partition coefficient (Wildman–Crippen LogP) is 1.09. The maximum absolute atomic E-state index is 11.3. The summed E-state index contributed by atoms with van der Waals surface area (Å²) < 4.78 is 0. The molecule has 0 atom stereocenters. The summed E-state index contributed by atoms with van der Waals surface area (Å²) in [6.07, 6.45) is 0. The zero-order valence-corrected chi connectivity index (χ0v) is 11.1. The molecular weight excluding hydrogens is 264 g/mol. The number of hydrogen-bond acceptors (Lipinski definition) is 6. The van der Waals surface area contributed by atoms with Crippen LogP contribution in [0, 0.1) is 0 Å². The van der Waals surface area contributed by atoms with E-state index in [0.717, 1.165) is 11.4 Å². The van der Waals surface area contributed by atoms with Crippen molar-refractivity contribution in [3.63, 3.8) is 0 Å². The minimum absolute atomic E-state index is 0.214. The van der Waals surface area contributed by atoms with Gasteiger partial charge >= 0.3 is 0 Å². The molecule has 4 N–H and O–H groups in total. The van der Waals surface area contributed by atoms with E-state index in [9.17, 15) is 9.90 Å². The Labute approximate surface area is 114 Å². The number of aromatic hydroxyl groups is 1. The molecule has 0 aliphatic heterocycles. The third-order valence-corrected chi connectivity index (χ3v) is 3.44. The van der Waals surface area contributed by atoms with Gasteiger partial charge in [0.25, 0.3) is 5.91 Å². The van der Waals surface area contributed by atoms with Crippen molar-refractivity contribution in [1.82, 2.24) is 10.4 Å². The van der Waals surface area contributed by atoms with E-state index in [1.165, 1.54) is 11.3 Å². The number of rotatable bonds is 4. The average molecular weight is 278 g/mol. The zero-order chi connectivity index (χ0) is 13.8. The molecule has 0 aliphatic carbocycles. The lowest BCUT2D eigenvalue weighted by atomic mass is 10.2. The molecule has 0 aliphatic rings. The van der Waals surface area contributed by atoms with Gasteiger partial charge in [0, 0.05) is 24.2 Å². The molecule has 0 saturated heterocycles. The number of nitrogens with two attached hydrogens (primary N) is 1. The summed E-state index contributed by atoms with van der Waals surface area (Å²) in [6, 6.07) is 6.94. The van der Waals surface area contributed by atoms with Crippen LogP contribution in [0.4, 0.5) is 5.69 Å². The molecule has 2 aromatic rings. The molecule has 19 heavy (non-hydrogen) atoms. The SMILES string of the molecule is CN(Cc1csc(C(=O)NN)n1)c1cccc(O)c1. The Kier molecular flexibility index (Phi) is 3.98. The molecule has 0 fully saturated rings. The average Bonchev–Trinajstić information content (AvgIpc) is 2.86. The van der Waals surface area contributed by atoms with Crippen LogP contribution in [0.2, 0.25) is 0 Å². The van der Waals surface area contributed by atoms with E-state index < -0.39 is 5.91 Å². The lowest BCUT2D eigenvalue weighted by Crippen LogP contribution is -2.29. The third-order valence-electron chi connectivity index (χ3n) is 2.55. The molecule has 1 aromatic carbocycles. The van der Waals surface area contributed by atoms with Crippen LogP contribution in [0.1, 0.15) is 15.5 Å². The highest BCUT2D eigenvalue weighted by Crippen LogP contribution is 2.21. The maximum atomic E-state index is 11.3. The summed E-state index contributed by atoms with van der Waals surface area (Å²) in [4.78, 5) is 17.4. The van der Waals surface area contributed by atoms with Gasteiger partial charge in [-0.15, -0.1) is 11.3 Å². The van der Waals surface area contributed by atoms with Crippen molar-refractivity contribution in [1.29, 1.82) is 0 Å². The Bertz CT molecular complexity index is 585. The first kappa shape index (κ1) is 13.3. The number of hydrazine groups is 1. The highest BCUT2D eigenvalue weighted by atomic mass is 32.1. The number of phenolic OH excluding ortho intramolecular Hbond substituents is 1. The number of hydrogen-bond donors (Lipinski definition) is 3. The fourth-order valence-corrected chi connectivity index (χ4v) is 2.32. The molecule has 1 amide bonds. The summed E-state index contributed by atoms with van der Waals surface area (Å²) in [7, 11) is 1.89. The van der Waals surface area contributed by atoms with Crippen molar-refractivity contribution in [2.45, 2.75) is 6.54 Å². The standard InChI is InChI=1S/C12H14N4O2S/c1-16(9-3-2-4-10(17)5-9)6-8-7-19-12(14-8)11(18)15-13/h2-5,7,17H,6,13H2,1H3,(H,15,18). The van der Waals surface area contributed by atoms with Crippen LogP contribution in [0.3, 0.4) is 0 Å². The third kappa shape index (κ3) is 3.21. The van der Waals surface area contributed by atoms with Gasteiger partial charge in [0.1, 0.15) is 5.75 Å². The van der Waals surface area contributed by atoms with Crippen molar-refractivity contribution in [2.24, 2.45) is 5.84 Å². The van der Waals surface area contributed by atoms with Gasteiger partial charge in [0.15, 0.2) is 5.01 Å². The molecule has 0 unspecified atom stereocenters. The number of carbonyl (C=O) groups excluding carboxylic acids is 1. The number of amides is 1. The minimum Gasteiger partial charge on any atom is -0.508 e. The van der Waals surface area contributed by atoms with E-state index in [1.807, 2.05) is 28.8 Å². The zero-order valence-electron chi connectivity index (χ0n) is 10.3. The Morgan fingerprint density at radius 3 is 3.05 bits per heavy atom. The quantitative estimate of drug-likeness (QED) is 0.442. The number of nitrogen functional groups attached to an aromatic ring is 1. The number of thiazole rings is 1. The molecule has 0 radical (unpaired) electrons. The Morgan fingerprint density at radius 1 is 1.58 bits per heavy atom. The fraction of sp³-hybridized carbons (Fsp3) is 0.167. The van der Waals surface area contributed by atoms with E-state index in [4.69, 9.17) is 5.84 Å². The first-order valence-corrected chi connectivity index (χ1v) is 6.43. The highest BCUT2D eigenvalue weighted by Gasteiger charge is 2.11. The number of aromatic nitrogens is 1. The van der Waals surface area contributed by atoms with Gasteiger partial charge < -0.3 is 10.0 Å². The topological polar surface area (TPSA) is 91.5 Å². The van der Waals surface area contributed by atoms with Gasteiger partial charge in [-0.2, -0.15) is 0 Å². The summed E-state index contributed by atoms with van der Waals surface area (Å²) in [5.41, 5.74) is 3.69. The van der Waals surface area contributed by atoms with E-state index in [1.54, 1.807) is 18.2 Å². The maximum Gasteiger partial charge on any atom is 0.294 e. The largest absolute Gasteiger partial charge is 0.508 e. The molecule has 2 rings (SSSR count). The Morgan fingerprint density at radius 2 is 2.37 bits per heavy atom. The number of anilines is 1. The molecule has 7 heteroatoms. The molecule has 1 aromatic heterocycles. The number of nitrogens with zero attached hydrogens (tertiary/aromatic N) is 2. The van der Waals surface area contributed by atoms with Gasteiger partial charge in [-0.3, -0.25) is 10.2 Å². The van der Waals surface area contributed by atoms with Crippen molar-refractivity contribution < 1.29 is 9.90 Å². The van der Waals surface area contributed by atoms with Crippen LogP contribution < -0.4 is 16.2 Å². The summed E-state index contributed by atoms with van der Waals surface area (Å²) >= 11 is 1.24. The molecule has 0 bridgehead atoms. The molecule has 0 spiro atoms. The van der Waals surface area contributed by atoms with Gasteiger partial charge in [0.05, 0.1) is 12.2 Å². The lowest BCUT2D eigenvalue weighted by Gasteiger charge is -2.18. The molecular formula is C12H14N4O2S.